The van der Waals surface area contributed by atoms with E-state index in [-0.39, 0.29) is 18.1 Å². The van der Waals surface area contributed by atoms with Crippen LogP contribution in [-0.4, -0.2) is 43.4 Å². The Labute approximate surface area is 107 Å². The van der Waals surface area contributed by atoms with Gasteiger partial charge in [-0.3, -0.25) is 4.98 Å². The van der Waals surface area contributed by atoms with E-state index in [0.717, 1.165) is 5.69 Å². The molecule has 1 aliphatic heterocycles. The summed E-state index contributed by atoms with van der Waals surface area (Å²) in [6.07, 6.45) is 3.32. The van der Waals surface area contributed by atoms with Crippen LogP contribution < -0.4 is 4.90 Å². The second kappa shape index (κ2) is 5.35. The molecule has 0 unspecified atom stereocenters. The van der Waals surface area contributed by atoms with Crippen LogP contribution in [0.25, 0.3) is 0 Å². The Morgan fingerprint density at radius 1 is 1.44 bits per heavy atom. The standard InChI is InChI=1S/C13H18N2O3/c1-9-7-18-8-10(2)15(9)12-6-14-5-4-11(12)13(16)17-3/h4-6,9-10H,7-8H2,1-3H3/t9-,10-/m1/s1. The summed E-state index contributed by atoms with van der Waals surface area (Å²) in [6, 6.07) is 2.11. The highest BCUT2D eigenvalue weighted by molar-refractivity contribution is 5.95. The molecule has 1 aromatic rings. The molecular weight excluding hydrogens is 232 g/mol. The number of carbonyl (C=O) groups excluding carboxylic acids is 1. The third-order valence-corrected chi connectivity index (χ3v) is 3.15. The lowest BCUT2D eigenvalue weighted by Gasteiger charge is -2.40. The number of hydrogen-bond donors (Lipinski definition) is 0. The topological polar surface area (TPSA) is 51.7 Å². The molecule has 2 atom stereocenters. The van der Waals surface area contributed by atoms with Crippen molar-refractivity contribution < 1.29 is 14.3 Å². The largest absolute Gasteiger partial charge is 0.465 e. The molecule has 0 aliphatic carbocycles. The number of nitrogens with zero attached hydrogens (tertiary/aromatic N) is 2. The minimum absolute atomic E-state index is 0.210. The fourth-order valence-electron chi connectivity index (χ4n) is 2.35. The molecule has 2 rings (SSSR count). The number of aromatic nitrogens is 1. The summed E-state index contributed by atoms with van der Waals surface area (Å²) in [5.41, 5.74) is 1.36. The van der Waals surface area contributed by atoms with Gasteiger partial charge in [0.15, 0.2) is 0 Å². The van der Waals surface area contributed by atoms with Gasteiger partial charge in [-0.2, -0.15) is 0 Å². The van der Waals surface area contributed by atoms with Crippen molar-refractivity contribution in [2.75, 3.05) is 25.2 Å². The van der Waals surface area contributed by atoms with E-state index in [0.29, 0.717) is 18.8 Å². The van der Waals surface area contributed by atoms with Gasteiger partial charge >= 0.3 is 5.97 Å². The first-order valence-corrected chi connectivity index (χ1v) is 6.03. The van der Waals surface area contributed by atoms with E-state index in [4.69, 9.17) is 9.47 Å². The zero-order chi connectivity index (χ0) is 13.1. The second-order valence-electron chi connectivity index (χ2n) is 4.53. The van der Waals surface area contributed by atoms with Gasteiger partial charge in [-0.1, -0.05) is 0 Å². The van der Waals surface area contributed by atoms with Crippen molar-refractivity contribution in [2.45, 2.75) is 25.9 Å². The van der Waals surface area contributed by atoms with E-state index in [9.17, 15) is 4.79 Å². The number of rotatable bonds is 2. The van der Waals surface area contributed by atoms with E-state index in [1.165, 1.54) is 7.11 Å². The maximum atomic E-state index is 11.8. The number of anilines is 1. The van der Waals surface area contributed by atoms with Crippen molar-refractivity contribution in [3.05, 3.63) is 24.0 Å². The Kier molecular flexibility index (Phi) is 3.81. The van der Waals surface area contributed by atoms with Gasteiger partial charge in [0.25, 0.3) is 0 Å². The third-order valence-electron chi connectivity index (χ3n) is 3.15. The van der Waals surface area contributed by atoms with Crippen LogP contribution in [-0.2, 0) is 9.47 Å². The zero-order valence-electron chi connectivity index (χ0n) is 10.9. The highest BCUT2D eigenvalue weighted by atomic mass is 16.5. The third kappa shape index (κ3) is 2.31. The van der Waals surface area contributed by atoms with Crippen LogP contribution >= 0.6 is 0 Å². The Hall–Kier alpha value is -1.62. The molecule has 1 aromatic heterocycles. The molecule has 1 aliphatic rings. The summed E-state index contributed by atoms with van der Waals surface area (Å²) >= 11 is 0. The molecule has 0 radical (unpaired) electrons. The molecule has 2 heterocycles. The smallest absolute Gasteiger partial charge is 0.340 e. The SMILES string of the molecule is COC(=O)c1ccncc1N1[C@H](C)COC[C@H]1C. The van der Waals surface area contributed by atoms with Gasteiger partial charge in [0.05, 0.1) is 49.9 Å². The molecule has 1 saturated heterocycles. The quantitative estimate of drug-likeness (QED) is 0.744. The molecule has 0 spiro atoms. The lowest BCUT2D eigenvalue weighted by Crippen LogP contribution is -2.50. The van der Waals surface area contributed by atoms with E-state index >= 15 is 0 Å². The van der Waals surface area contributed by atoms with Crippen molar-refractivity contribution in [3.8, 4) is 0 Å². The maximum absolute atomic E-state index is 11.8. The van der Waals surface area contributed by atoms with Gasteiger partial charge in [0.1, 0.15) is 0 Å². The molecule has 0 aromatic carbocycles. The molecule has 5 nitrogen and oxygen atoms in total. The fraction of sp³-hybridized carbons (Fsp3) is 0.538. The normalized spacial score (nSPS) is 23.8. The van der Waals surface area contributed by atoms with E-state index in [2.05, 4.69) is 23.7 Å². The minimum Gasteiger partial charge on any atom is -0.465 e. The maximum Gasteiger partial charge on any atom is 0.340 e. The lowest BCUT2D eigenvalue weighted by atomic mass is 10.1. The van der Waals surface area contributed by atoms with Crippen molar-refractivity contribution in [2.24, 2.45) is 0 Å². The van der Waals surface area contributed by atoms with Crippen LogP contribution in [0.2, 0.25) is 0 Å². The van der Waals surface area contributed by atoms with Gasteiger partial charge in [-0.15, -0.1) is 0 Å². The number of methoxy groups -OCH3 is 1. The zero-order valence-corrected chi connectivity index (χ0v) is 10.9. The molecule has 0 amide bonds. The number of ether oxygens (including phenoxy) is 2. The van der Waals surface area contributed by atoms with Crippen LogP contribution in [0, 0.1) is 0 Å². The van der Waals surface area contributed by atoms with Crippen molar-refractivity contribution >= 4 is 11.7 Å². The van der Waals surface area contributed by atoms with Crippen LogP contribution in [0.4, 0.5) is 5.69 Å². The lowest BCUT2D eigenvalue weighted by molar-refractivity contribution is 0.0595. The Morgan fingerprint density at radius 2 is 2.11 bits per heavy atom. The molecule has 98 valence electrons. The minimum atomic E-state index is -0.335. The van der Waals surface area contributed by atoms with E-state index < -0.39 is 0 Å². The van der Waals surface area contributed by atoms with Crippen molar-refractivity contribution in [3.63, 3.8) is 0 Å². The average Bonchev–Trinajstić information content (AvgIpc) is 2.38. The highest BCUT2D eigenvalue weighted by Crippen LogP contribution is 2.26. The van der Waals surface area contributed by atoms with Gasteiger partial charge < -0.3 is 14.4 Å². The molecule has 0 N–H and O–H groups in total. The fourth-order valence-corrected chi connectivity index (χ4v) is 2.35. The first kappa shape index (κ1) is 12.8. The van der Waals surface area contributed by atoms with Crippen LogP contribution in [0.15, 0.2) is 18.5 Å². The Bertz CT molecular complexity index is 426. The average molecular weight is 250 g/mol. The van der Waals surface area contributed by atoms with Crippen LogP contribution in [0.3, 0.4) is 0 Å². The van der Waals surface area contributed by atoms with Crippen LogP contribution in [0.5, 0.6) is 0 Å². The number of pyridine rings is 1. The van der Waals surface area contributed by atoms with Gasteiger partial charge in [0, 0.05) is 6.20 Å². The summed E-state index contributed by atoms with van der Waals surface area (Å²) < 4.78 is 10.3. The summed E-state index contributed by atoms with van der Waals surface area (Å²) in [5, 5.41) is 0. The number of carbonyl (C=O) groups is 1. The number of hydrogen-bond acceptors (Lipinski definition) is 5. The van der Waals surface area contributed by atoms with Crippen molar-refractivity contribution in [1.29, 1.82) is 0 Å². The molecule has 1 fully saturated rings. The monoisotopic (exact) mass is 250 g/mol. The predicted octanol–water partition coefficient (Wildman–Crippen LogP) is 1.48. The molecule has 0 saturated carbocycles. The Morgan fingerprint density at radius 3 is 2.72 bits per heavy atom. The van der Waals surface area contributed by atoms with Gasteiger partial charge in [0.2, 0.25) is 0 Å². The first-order chi connectivity index (χ1) is 8.65. The second-order valence-corrected chi connectivity index (χ2v) is 4.53. The molecule has 0 bridgehead atoms. The van der Waals surface area contributed by atoms with Crippen molar-refractivity contribution in [1.82, 2.24) is 4.98 Å². The molecular formula is C13H18N2O3. The highest BCUT2D eigenvalue weighted by Gasteiger charge is 2.29. The number of esters is 1. The van der Waals surface area contributed by atoms with Gasteiger partial charge in [-0.05, 0) is 19.9 Å². The Balaban J connectivity index is 2.39. The first-order valence-electron chi connectivity index (χ1n) is 6.03. The summed E-state index contributed by atoms with van der Waals surface area (Å²) in [6.45, 7) is 5.45. The summed E-state index contributed by atoms with van der Waals surface area (Å²) in [4.78, 5) is 18.1. The van der Waals surface area contributed by atoms with Crippen LogP contribution in [0.1, 0.15) is 24.2 Å². The summed E-state index contributed by atoms with van der Waals surface area (Å²) in [5.74, 6) is -0.335. The molecule has 18 heavy (non-hydrogen) atoms. The van der Waals surface area contributed by atoms with E-state index in [1.54, 1.807) is 18.5 Å². The van der Waals surface area contributed by atoms with Gasteiger partial charge in [-0.25, -0.2) is 4.79 Å². The van der Waals surface area contributed by atoms with E-state index in [1.807, 2.05) is 0 Å². The number of morpholine rings is 1. The molecule has 5 heteroatoms. The predicted molar refractivity (Wildman–Crippen MR) is 67.8 cm³/mol. The summed E-state index contributed by atoms with van der Waals surface area (Å²) in [7, 11) is 1.39.